The summed E-state index contributed by atoms with van der Waals surface area (Å²) < 4.78 is 10.5. The van der Waals surface area contributed by atoms with Crippen LogP contribution in [0.4, 0.5) is 11.4 Å². The fraction of sp³-hybridized carbons (Fsp3) is 0.462. The summed E-state index contributed by atoms with van der Waals surface area (Å²) in [5.41, 5.74) is 1.58. The van der Waals surface area contributed by atoms with E-state index in [-0.39, 0.29) is 19.1 Å². The molecule has 0 aromatic heterocycles. The van der Waals surface area contributed by atoms with E-state index in [1.165, 1.54) is 0 Å². The third kappa shape index (κ3) is 2.58. The summed E-state index contributed by atoms with van der Waals surface area (Å²) in [6, 6.07) is 3.59. The average molecular weight is 266 g/mol. The fourth-order valence-corrected chi connectivity index (χ4v) is 2.11. The number of methoxy groups -OCH3 is 2. The van der Waals surface area contributed by atoms with Crippen LogP contribution in [0.1, 0.15) is 6.42 Å². The lowest BCUT2D eigenvalue weighted by Crippen LogP contribution is -2.40. The van der Waals surface area contributed by atoms with Gasteiger partial charge in [-0.2, -0.15) is 0 Å². The molecule has 1 aromatic carbocycles. The van der Waals surface area contributed by atoms with Crippen LogP contribution >= 0.6 is 0 Å². The van der Waals surface area contributed by atoms with E-state index in [1.54, 1.807) is 25.2 Å². The highest BCUT2D eigenvalue weighted by Gasteiger charge is 2.25. The molecule has 0 spiro atoms. The van der Waals surface area contributed by atoms with Gasteiger partial charge in [-0.15, -0.1) is 0 Å². The first kappa shape index (κ1) is 13.5. The van der Waals surface area contributed by atoms with Gasteiger partial charge >= 0.3 is 0 Å². The summed E-state index contributed by atoms with van der Waals surface area (Å²) in [4.78, 5) is 13.6. The van der Waals surface area contributed by atoms with Crippen molar-refractivity contribution in [2.45, 2.75) is 6.42 Å². The second-order valence-corrected chi connectivity index (χ2v) is 4.20. The fourth-order valence-electron chi connectivity index (χ4n) is 2.11. The van der Waals surface area contributed by atoms with Gasteiger partial charge in [0.1, 0.15) is 0 Å². The number of carbonyl (C=O) groups is 1. The van der Waals surface area contributed by atoms with Crippen LogP contribution < -0.4 is 19.7 Å². The summed E-state index contributed by atoms with van der Waals surface area (Å²) in [6.45, 7) is 0.785. The molecular weight excluding hydrogens is 248 g/mol. The Labute approximate surface area is 111 Å². The second kappa shape index (κ2) is 5.79. The molecule has 104 valence electrons. The third-order valence-corrected chi connectivity index (χ3v) is 3.06. The Kier molecular flexibility index (Phi) is 4.11. The van der Waals surface area contributed by atoms with Gasteiger partial charge in [-0.05, 0) is 6.42 Å². The quantitative estimate of drug-likeness (QED) is 0.826. The van der Waals surface area contributed by atoms with Crippen LogP contribution in [0, 0.1) is 0 Å². The van der Waals surface area contributed by atoms with E-state index in [2.05, 4.69) is 5.32 Å². The molecule has 1 aliphatic rings. The van der Waals surface area contributed by atoms with Crippen LogP contribution in [0.15, 0.2) is 12.1 Å². The van der Waals surface area contributed by atoms with Gasteiger partial charge in [0.05, 0.1) is 32.1 Å². The number of nitrogens with zero attached hydrogens (tertiary/aromatic N) is 1. The van der Waals surface area contributed by atoms with Crippen molar-refractivity contribution in [1.29, 1.82) is 0 Å². The number of ether oxygens (including phenoxy) is 2. The lowest BCUT2D eigenvalue weighted by Gasteiger charge is -2.30. The van der Waals surface area contributed by atoms with Crippen LogP contribution in [0.3, 0.4) is 0 Å². The molecule has 0 unspecified atom stereocenters. The number of rotatable bonds is 5. The van der Waals surface area contributed by atoms with Gasteiger partial charge in [-0.3, -0.25) is 4.79 Å². The Balaban J connectivity index is 2.39. The zero-order chi connectivity index (χ0) is 13.8. The second-order valence-electron chi connectivity index (χ2n) is 4.20. The standard InChI is InChI=1S/C13H18N2O4/c1-18-11-6-9-10(7-12(11)19-2)15(4-3-5-16)13(17)8-14-9/h6-7,14,16H,3-5,8H2,1-2H3. The molecule has 1 amide bonds. The molecule has 1 aromatic rings. The molecule has 6 heteroatoms. The van der Waals surface area contributed by atoms with Crippen molar-refractivity contribution >= 4 is 17.3 Å². The Morgan fingerprint density at radius 1 is 1.32 bits per heavy atom. The molecule has 1 aliphatic heterocycles. The molecule has 6 nitrogen and oxygen atoms in total. The van der Waals surface area contributed by atoms with E-state index in [0.717, 1.165) is 11.4 Å². The molecule has 2 N–H and O–H groups in total. The minimum absolute atomic E-state index is 0.0202. The lowest BCUT2D eigenvalue weighted by molar-refractivity contribution is -0.117. The van der Waals surface area contributed by atoms with E-state index in [1.807, 2.05) is 6.07 Å². The van der Waals surface area contributed by atoms with Crippen LogP contribution in [0.25, 0.3) is 0 Å². The number of anilines is 2. The number of carbonyl (C=O) groups excluding carboxylic acids is 1. The topological polar surface area (TPSA) is 71.0 Å². The Hall–Kier alpha value is -1.95. The molecule has 0 bridgehead atoms. The third-order valence-electron chi connectivity index (χ3n) is 3.06. The van der Waals surface area contributed by atoms with Crippen molar-refractivity contribution in [3.8, 4) is 11.5 Å². The van der Waals surface area contributed by atoms with E-state index in [9.17, 15) is 4.79 Å². The van der Waals surface area contributed by atoms with Crippen molar-refractivity contribution in [1.82, 2.24) is 0 Å². The maximum absolute atomic E-state index is 11.9. The highest BCUT2D eigenvalue weighted by Crippen LogP contribution is 2.39. The smallest absolute Gasteiger partial charge is 0.246 e. The highest BCUT2D eigenvalue weighted by molar-refractivity contribution is 6.03. The van der Waals surface area contributed by atoms with Crippen molar-refractivity contribution in [2.75, 3.05) is 44.1 Å². The van der Waals surface area contributed by atoms with E-state index in [4.69, 9.17) is 14.6 Å². The molecule has 0 fully saturated rings. The van der Waals surface area contributed by atoms with Crippen molar-refractivity contribution < 1.29 is 19.4 Å². The largest absolute Gasteiger partial charge is 0.493 e. The SMILES string of the molecule is COc1cc2c(cc1OC)N(CCCO)C(=O)CN2. The van der Waals surface area contributed by atoms with Crippen LogP contribution in [-0.2, 0) is 4.79 Å². The van der Waals surface area contributed by atoms with Gasteiger partial charge in [-0.25, -0.2) is 0 Å². The van der Waals surface area contributed by atoms with Crippen LogP contribution in [0.5, 0.6) is 11.5 Å². The molecule has 0 saturated carbocycles. The first-order chi connectivity index (χ1) is 9.21. The summed E-state index contributed by atoms with van der Waals surface area (Å²) >= 11 is 0. The number of hydrogen-bond donors (Lipinski definition) is 2. The van der Waals surface area contributed by atoms with Crippen LogP contribution in [-0.4, -0.2) is 44.9 Å². The van der Waals surface area contributed by atoms with Crippen molar-refractivity contribution in [3.05, 3.63) is 12.1 Å². The number of fused-ring (bicyclic) bond motifs is 1. The molecule has 0 saturated heterocycles. The van der Waals surface area contributed by atoms with Gasteiger partial charge in [0.25, 0.3) is 0 Å². The molecule has 2 rings (SSSR count). The molecule has 0 atom stereocenters. The van der Waals surface area contributed by atoms with E-state index >= 15 is 0 Å². The predicted molar refractivity (Wildman–Crippen MR) is 72.1 cm³/mol. The highest BCUT2D eigenvalue weighted by atomic mass is 16.5. The van der Waals surface area contributed by atoms with Gasteiger partial charge < -0.3 is 24.8 Å². The summed E-state index contributed by atoms with van der Waals surface area (Å²) in [6.07, 6.45) is 0.541. The Morgan fingerprint density at radius 3 is 2.63 bits per heavy atom. The molecule has 1 heterocycles. The molecule has 19 heavy (non-hydrogen) atoms. The van der Waals surface area contributed by atoms with Crippen molar-refractivity contribution in [3.63, 3.8) is 0 Å². The lowest BCUT2D eigenvalue weighted by atomic mass is 10.1. The van der Waals surface area contributed by atoms with Crippen molar-refractivity contribution in [2.24, 2.45) is 0 Å². The van der Waals surface area contributed by atoms with Gasteiger partial charge in [0.15, 0.2) is 11.5 Å². The number of aliphatic hydroxyl groups excluding tert-OH is 1. The minimum Gasteiger partial charge on any atom is -0.493 e. The maximum Gasteiger partial charge on any atom is 0.246 e. The number of hydrogen-bond acceptors (Lipinski definition) is 5. The Morgan fingerprint density at radius 2 is 2.00 bits per heavy atom. The maximum atomic E-state index is 11.9. The molecule has 0 aliphatic carbocycles. The molecule has 0 radical (unpaired) electrons. The average Bonchev–Trinajstić information content (AvgIpc) is 2.44. The predicted octanol–water partition coefficient (Wildman–Crippen LogP) is 0.845. The first-order valence-corrected chi connectivity index (χ1v) is 6.12. The zero-order valence-electron chi connectivity index (χ0n) is 11.1. The normalized spacial score (nSPS) is 13.8. The van der Waals surface area contributed by atoms with Gasteiger partial charge in [0, 0.05) is 25.3 Å². The number of aliphatic hydroxyl groups is 1. The van der Waals surface area contributed by atoms with Crippen LogP contribution in [0.2, 0.25) is 0 Å². The first-order valence-electron chi connectivity index (χ1n) is 6.12. The molecular formula is C13H18N2O4. The Bertz CT molecular complexity index is 476. The summed E-state index contributed by atoms with van der Waals surface area (Å²) in [7, 11) is 3.13. The zero-order valence-corrected chi connectivity index (χ0v) is 11.1. The van der Waals surface area contributed by atoms with E-state index < -0.39 is 0 Å². The van der Waals surface area contributed by atoms with Gasteiger partial charge in [0.2, 0.25) is 5.91 Å². The monoisotopic (exact) mass is 266 g/mol. The number of benzene rings is 1. The minimum atomic E-state index is -0.0202. The summed E-state index contributed by atoms with van der Waals surface area (Å²) in [5.74, 6) is 1.17. The summed E-state index contributed by atoms with van der Waals surface area (Å²) in [5, 5.41) is 12.0. The number of nitrogens with one attached hydrogen (secondary N) is 1. The van der Waals surface area contributed by atoms with E-state index in [0.29, 0.717) is 24.5 Å². The number of amides is 1. The van der Waals surface area contributed by atoms with Gasteiger partial charge in [-0.1, -0.05) is 0 Å².